The molecule has 5 heteroatoms. The minimum Gasteiger partial charge on any atom is -0.377 e. The molecular weight excluding hydrogens is 300 g/mol. The molecule has 0 aromatic heterocycles. The highest BCUT2D eigenvalue weighted by molar-refractivity contribution is 5.85. The van der Waals surface area contributed by atoms with Gasteiger partial charge in [-0.1, -0.05) is 36.8 Å². The van der Waals surface area contributed by atoms with E-state index in [1.165, 1.54) is 12.0 Å². The van der Waals surface area contributed by atoms with Crippen molar-refractivity contribution in [1.82, 2.24) is 10.6 Å². The number of amides is 1. The number of nitrogens with one attached hydrogen (secondary N) is 2. The number of unbranched alkanes of at least 4 members (excludes halogenated alkanes) is 1. The fourth-order valence-corrected chi connectivity index (χ4v) is 2.50. The molecule has 0 bridgehead atoms. The zero-order chi connectivity index (χ0) is 14.8. The van der Waals surface area contributed by atoms with Gasteiger partial charge in [-0.05, 0) is 37.8 Å². The fraction of sp³-hybridized carbons (Fsp3) is 0.588. The Bertz CT molecular complexity index is 408. The van der Waals surface area contributed by atoms with Crippen molar-refractivity contribution in [2.45, 2.75) is 44.8 Å². The number of hydrogen-bond donors (Lipinski definition) is 2. The smallest absolute Gasteiger partial charge is 0.237 e. The van der Waals surface area contributed by atoms with E-state index in [4.69, 9.17) is 4.74 Å². The van der Waals surface area contributed by atoms with Gasteiger partial charge in [-0.15, -0.1) is 12.4 Å². The van der Waals surface area contributed by atoms with Gasteiger partial charge in [-0.3, -0.25) is 4.79 Å². The van der Waals surface area contributed by atoms with E-state index in [0.717, 1.165) is 45.4 Å². The van der Waals surface area contributed by atoms with E-state index < -0.39 is 0 Å². The van der Waals surface area contributed by atoms with Crippen LogP contribution in [-0.2, 0) is 16.1 Å². The Balaban J connectivity index is 0.00000242. The van der Waals surface area contributed by atoms with Crippen molar-refractivity contribution in [2.24, 2.45) is 0 Å². The molecular formula is C17H27ClN2O2. The van der Waals surface area contributed by atoms with Crippen molar-refractivity contribution in [2.75, 3.05) is 19.7 Å². The molecule has 124 valence electrons. The molecule has 0 radical (unpaired) electrons. The summed E-state index contributed by atoms with van der Waals surface area (Å²) in [4.78, 5) is 11.9. The molecule has 0 spiro atoms. The number of benzene rings is 1. The van der Waals surface area contributed by atoms with Crippen LogP contribution in [0.5, 0.6) is 0 Å². The number of rotatable bonds is 8. The van der Waals surface area contributed by atoms with E-state index in [1.807, 2.05) is 18.2 Å². The van der Waals surface area contributed by atoms with E-state index in [9.17, 15) is 4.79 Å². The first-order valence-corrected chi connectivity index (χ1v) is 7.99. The number of ether oxygens (including phenoxy) is 1. The minimum atomic E-state index is 0. The molecule has 1 unspecified atom stereocenters. The van der Waals surface area contributed by atoms with Crippen molar-refractivity contribution in [1.29, 1.82) is 0 Å². The van der Waals surface area contributed by atoms with E-state index in [2.05, 4.69) is 22.8 Å². The van der Waals surface area contributed by atoms with Crippen molar-refractivity contribution in [3.05, 3.63) is 35.9 Å². The van der Waals surface area contributed by atoms with E-state index in [-0.39, 0.29) is 24.4 Å². The summed E-state index contributed by atoms with van der Waals surface area (Å²) in [5, 5.41) is 6.27. The highest BCUT2D eigenvalue weighted by Gasteiger charge is 2.19. The topological polar surface area (TPSA) is 50.4 Å². The van der Waals surface area contributed by atoms with Crippen LogP contribution in [0.4, 0.5) is 0 Å². The van der Waals surface area contributed by atoms with Crippen LogP contribution < -0.4 is 10.6 Å². The first kappa shape index (κ1) is 18.9. The molecule has 4 nitrogen and oxygen atoms in total. The van der Waals surface area contributed by atoms with E-state index >= 15 is 0 Å². The predicted octanol–water partition coefficient (Wildman–Crippen LogP) is 2.66. The lowest BCUT2D eigenvalue weighted by Gasteiger charge is -2.22. The Morgan fingerprint density at radius 1 is 1.23 bits per heavy atom. The first-order chi connectivity index (χ1) is 10.4. The number of halogens is 1. The van der Waals surface area contributed by atoms with E-state index in [0.29, 0.717) is 6.61 Å². The summed E-state index contributed by atoms with van der Waals surface area (Å²) in [5.74, 6) is 0.153. The van der Waals surface area contributed by atoms with Crippen LogP contribution in [0.3, 0.4) is 0 Å². The fourth-order valence-electron chi connectivity index (χ4n) is 2.50. The molecule has 1 saturated heterocycles. The number of carbonyl (C=O) groups excluding carboxylic acids is 1. The molecule has 2 N–H and O–H groups in total. The van der Waals surface area contributed by atoms with Crippen molar-refractivity contribution in [3.8, 4) is 0 Å². The second-order valence-corrected chi connectivity index (χ2v) is 5.54. The van der Waals surface area contributed by atoms with Crippen molar-refractivity contribution < 1.29 is 9.53 Å². The maximum Gasteiger partial charge on any atom is 0.237 e. The van der Waals surface area contributed by atoms with Crippen molar-refractivity contribution >= 4 is 18.3 Å². The molecule has 0 saturated carbocycles. The van der Waals surface area contributed by atoms with Gasteiger partial charge in [-0.2, -0.15) is 0 Å². The summed E-state index contributed by atoms with van der Waals surface area (Å²) >= 11 is 0. The molecule has 1 fully saturated rings. The Kier molecular flexibility index (Phi) is 9.87. The Morgan fingerprint density at radius 3 is 2.77 bits per heavy atom. The third-order valence-corrected chi connectivity index (χ3v) is 3.75. The van der Waals surface area contributed by atoms with Crippen LogP contribution >= 0.6 is 12.4 Å². The Morgan fingerprint density at radius 2 is 2.05 bits per heavy atom. The van der Waals surface area contributed by atoms with Gasteiger partial charge in [0.15, 0.2) is 0 Å². The van der Waals surface area contributed by atoms with Crippen LogP contribution in [0.2, 0.25) is 0 Å². The molecule has 1 aromatic carbocycles. The number of hydrogen-bond acceptors (Lipinski definition) is 3. The lowest BCUT2D eigenvalue weighted by Crippen LogP contribution is -2.46. The van der Waals surface area contributed by atoms with Gasteiger partial charge in [0.25, 0.3) is 0 Å². The van der Waals surface area contributed by atoms with Gasteiger partial charge in [0.2, 0.25) is 5.91 Å². The summed E-state index contributed by atoms with van der Waals surface area (Å²) in [5.41, 5.74) is 1.20. The van der Waals surface area contributed by atoms with Crippen LogP contribution in [0.1, 0.15) is 37.7 Å². The summed E-state index contributed by atoms with van der Waals surface area (Å²) in [7, 11) is 0. The highest BCUT2D eigenvalue weighted by atomic mass is 35.5. The lowest BCUT2D eigenvalue weighted by molar-refractivity contribution is -0.123. The standard InChI is InChI=1S/C17H26N2O2.ClH/c20-17(16-10-4-5-11-18-16)19-12-6-7-13-21-14-15-8-2-1-3-9-15;/h1-3,8-9,16,18H,4-7,10-14H2,(H,19,20);1H. The van der Waals surface area contributed by atoms with Gasteiger partial charge in [0.05, 0.1) is 12.6 Å². The third kappa shape index (κ3) is 7.25. The largest absolute Gasteiger partial charge is 0.377 e. The summed E-state index contributed by atoms with van der Waals surface area (Å²) in [6.45, 7) is 3.11. The molecule has 1 atom stereocenters. The molecule has 1 amide bonds. The summed E-state index contributed by atoms with van der Waals surface area (Å²) in [6, 6.07) is 10.2. The van der Waals surface area contributed by atoms with Gasteiger partial charge in [0, 0.05) is 13.2 Å². The first-order valence-electron chi connectivity index (χ1n) is 7.99. The molecule has 0 aliphatic carbocycles. The molecule has 22 heavy (non-hydrogen) atoms. The third-order valence-electron chi connectivity index (χ3n) is 3.75. The predicted molar refractivity (Wildman–Crippen MR) is 91.2 cm³/mol. The maximum atomic E-state index is 11.9. The van der Waals surface area contributed by atoms with Gasteiger partial charge < -0.3 is 15.4 Å². The molecule has 2 rings (SSSR count). The Hall–Kier alpha value is -1.10. The van der Waals surface area contributed by atoms with E-state index in [1.54, 1.807) is 0 Å². The summed E-state index contributed by atoms with van der Waals surface area (Å²) < 4.78 is 5.62. The zero-order valence-electron chi connectivity index (χ0n) is 13.1. The highest BCUT2D eigenvalue weighted by Crippen LogP contribution is 2.06. The second kappa shape index (κ2) is 11.5. The van der Waals surface area contributed by atoms with Crippen LogP contribution in [0.15, 0.2) is 30.3 Å². The lowest BCUT2D eigenvalue weighted by atomic mass is 10.0. The van der Waals surface area contributed by atoms with Crippen LogP contribution in [-0.4, -0.2) is 31.6 Å². The quantitative estimate of drug-likeness (QED) is 0.722. The molecule has 1 aromatic rings. The van der Waals surface area contributed by atoms with Crippen molar-refractivity contribution in [3.63, 3.8) is 0 Å². The van der Waals surface area contributed by atoms with Crippen LogP contribution in [0, 0.1) is 0 Å². The van der Waals surface area contributed by atoms with Crippen LogP contribution in [0.25, 0.3) is 0 Å². The number of piperidine rings is 1. The summed E-state index contributed by atoms with van der Waals surface area (Å²) in [6.07, 6.45) is 5.24. The number of carbonyl (C=O) groups is 1. The maximum absolute atomic E-state index is 11.9. The monoisotopic (exact) mass is 326 g/mol. The SMILES string of the molecule is Cl.O=C(NCCCCOCc1ccccc1)C1CCCCN1. The van der Waals surface area contributed by atoms with Gasteiger partial charge >= 0.3 is 0 Å². The average Bonchev–Trinajstić information content (AvgIpc) is 2.55. The van der Waals surface area contributed by atoms with Gasteiger partial charge in [-0.25, -0.2) is 0 Å². The zero-order valence-corrected chi connectivity index (χ0v) is 13.9. The Labute approximate surface area is 139 Å². The molecule has 1 aliphatic rings. The normalized spacial score (nSPS) is 17.5. The average molecular weight is 327 g/mol. The molecule has 1 heterocycles. The van der Waals surface area contributed by atoms with Gasteiger partial charge in [0.1, 0.15) is 0 Å². The minimum absolute atomic E-state index is 0. The second-order valence-electron chi connectivity index (χ2n) is 5.54. The molecule has 1 aliphatic heterocycles.